The number of carbonyl (C=O) groups is 1. The van der Waals surface area contributed by atoms with E-state index in [0.29, 0.717) is 21.1 Å². The first-order valence-electron chi connectivity index (χ1n) is 6.84. The second-order valence-electron chi connectivity index (χ2n) is 4.71. The fourth-order valence-corrected chi connectivity index (χ4v) is 3.26. The molecule has 3 rings (SSSR count). The molecule has 0 bridgehead atoms. The highest BCUT2D eigenvalue weighted by Gasteiger charge is 2.08. The third-order valence-electron chi connectivity index (χ3n) is 3.13. The largest absolute Gasteiger partial charge is 0.493 e. The predicted molar refractivity (Wildman–Crippen MR) is 94.1 cm³/mol. The van der Waals surface area contributed by atoms with Gasteiger partial charge in [0.1, 0.15) is 0 Å². The van der Waals surface area contributed by atoms with E-state index in [1.807, 2.05) is 30.3 Å². The number of amides is 1. The quantitative estimate of drug-likeness (QED) is 0.686. The van der Waals surface area contributed by atoms with Crippen molar-refractivity contribution in [2.75, 3.05) is 19.0 Å². The zero-order valence-corrected chi connectivity index (χ0v) is 13.9. The van der Waals surface area contributed by atoms with E-state index in [2.05, 4.69) is 10.3 Å². The molecule has 118 valence electrons. The number of anilines is 1. The molecular formula is C16H14N2O3S2. The van der Waals surface area contributed by atoms with Crippen molar-refractivity contribution in [3.63, 3.8) is 0 Å². The maximum absolute atomic E-state index is 12.0. The van der Waals surface area contributed by atoms with Gasteiger partial charge in [-0.25, -0.2) is 0 Å². The standard InChI is InChI=1S/C16H14N2O3S2/c1-20-12-4-2-3-5-13(12)21-9-15(19)17-10-6-7-11-14(8-10)23-16(22)18-11/h2-8H,9H2,1H3,(H,17,19)(H,18,22). The second-order valence-corrected chi connectivity index (χ2v) is 6.43. The van der Waals surface area contributed by atoms with Gasteiger partial charge in [-0.2, -0.15) is 0 Å². The molecule has 0 aliphatic heterocycles. The monoisotopic (exact) mass is 346 g/mol. The first-order chi connectivity index (χ1) is 11.2. The summed E-state index contributed by atoms with van der Waals surface area (Å²) in [4.78, 5) is 15.1. The van der Waals surface area contributed by atoms with Crippen LogP contribution in [0.15, 0.2) is 42.5 Å². The molecule has 23 heavy (non-hydrogen) atoms. The number of benzene rings is 2. The molecule has 0 fully saturated rings. The van der Waals surface area contributed by atoms with Crippen LogP contribution < -0.4 is 14.8 Å². The van der Waals surface area contributed by atoms with Crippen molar-refractivity contribution in [2.24, 2.45) is 0 Å². The number of carbonyl (C=O) groups excluding carboxylic acids is 1. The molecule has 1 heterocycles. The Morgan fingerprint density at radius 2 is 2.04 bits per heavy atom. The van der Waals surface area contributed by atoms with Crippen LogP contribution in [0.1, 0.15) is 0 Å². The molecule has 0 unspecified atom stereocenters. The summed E-state index contributed by atoms with van der Waals surface area (Å²) in [5.74, 6) is 0.882. The van der Waals surface area contributed by atoms with Gasteiger partial charge in [0.15, 0.2) is 22.1 Å². The van der Waals surface area contributed by atoms with Gasteiger partial charge in [0.05, 0.1) is 17.3 Å². The SMILES string of the molecule is COc1ccccc1OCC(=O)Nc1ccc2[nH]c(=S)sc2c1. The molecule has 5 nitrogen and oxygen atoms in total. The number of ether oxygens (including phenoxy) is 2. The maximum Gasteiger partial charge on any atom is 0.262 e. The Morgan fingerprint density at radius 3 is 2.83 bits per heavy atom. The average molecular weight is 346 g/mol. The van der Waals surface area contributed by atoms with Crippen molar-refractivity contribution in [1.29, 1.82) is 0 Å². The fourth-order valence-electron chi connectivity index (χ4n) is 2.10. The number of methoxy groups -OCH3 is 1. The van der Waals surface area contributed by atoms with Crippen LogP contribution in [0.4, 0.5) is 5.69 Å². The summed E-state index contributed by atoms with van der Waals surface area (Å²) in [7, 11) is 1.56. The number of fused-ring (bicyclic) bond motifs is 1. The van der Waals surface area contributed by atoms with Gasteiger partial charge in [-0.1, -0.05) is 12.1 Å². The summed E-state index contributed by atoms with van der Waals surface area (Å²) in [6, 6.07) is 12.8. The van der Waals surface area contributed by atoms with Crippen molar-refractivity contribution in [2.45, 2.75) is 0 Å². The zero-order valence-electron chi connectivity index (χ0n) is 12.3. The Balaban J connectivity index is 1.65. The summed E-state index contributed by atoms with van der Waals surface area (Å²) < 4.78 is 12.4. The van der Waals surface area contributed by atoms with Crippen LogP contribution in [0.25, 0.3) is 10.2 Å². The molecule has 0 aliphatic rings. The number of rotatable bonds is 5. The molecule has 2 N–H and O–H groups in total. The highest BCUT2D eigenvalue weighted by molar-refractivity contribution is 7.73. The van der Waals surface area contributed by atoms with E-state index in [1.165, 1.54) is 11.3 Å². The fraction of sp³-hybridized carbons (Fsp3) is 0.125. The first-order valence-corrected chi connectivity index (χ1v) is 8.07. The second kappa shape index (κ2) is 6.80. The van der Waals surface area contributed by atoms with Crippen LogP contribution in [0.2, 0.25) is 0 Å². The molecule has 7 heteroatoms. The van der Waals surface area contributed by atoms with Gasteiger partial charge >= 0.3 is 0 Å². The lowest BCUT2D eigenvalue weighted by atomic mass is 10.3. The van der Waals surface area contributed by atoms with E-state index in [0.717, 1.165) is 10.2 Å². The molecular weight excluding hydrogens is 332 g/mol. The van der Waals surface area contributed by atoms with E-state index < -0.39 is 0 Å². The van der Waals surface area contributed by atoms with Crippen molar-refractivity contribution < 1.29 is 14.3 Å². The number of hydrogen-bond acceptors (Lipinski definition) is 5. The van der Waals surface area contributed by atoms with Crippen LogP contribution in [-0.4, -0.2) is 24.6 Å². The number of hydrogen-bond donors (Lipinski definition) is 2. The van der Waals surface area contributed by atoms with E-state index in [-0.39, 0.29) is 12.5 Å². The van der Waals surface area contributed by atoms with Crippen LogP contribution >= 0.6 is 23.6 Å². The van der Waals surface area contributed by atoms with Crippen molar-refractivity contribution >= 4 is 45.4 Å². The smallest absolute Gasteiger partial charge is 0.262 e. The molecule has 0 saturated heterocycles. The molecule has 2 aromatic carbocycles. The summed E-state index contributed by atoms with van der Waals surface area (Å²) in [5.41, 5.74) is 1.67. The molecule has 0 aliphatic carbocycles. The molecule has 1 amide bonds. The van der Waals surface area contributed by atoms with Crippen LogP contribution in [0.3, 0.4) is 0 Å². The number of thiazole rings is 1. The minimum atomic E-state index is -0.241. The average Bonchev–Trinajstić information content (AvgIpc) is 2.92. The maximum atomic E-state index is 12.0. The van der Waals surface area contributed by atoms with Gasteiger partial charge in [-0.05, 0) is 42.5 Å². The van der Waals surface area contributed by atoms with E-state index >= 15 is 0 Å². The number of nitrogens with one attached hydrogen (secondary N) is 2. The molecule has 3 aromatic rings. The molecule has 0 spiro atoms. The van der Waals surface area contributed by atoms with E-state index in [4.69, 9.17) is 21.7 Å². The highest BCUT2D eigenvalue weighted by atomic mass is 32.1. The number of aromatic nitrogens is 1. The van der Waals surface area contributed by atoms with E-state index in [9.17, 15) is 4.79 Å². The van der Waals surface area contributed by atoms with Crippen LogP contribution in [0.5, 0.6) is 11.5 Å². The van der Waals surface area contributed by atoms with E-state index in [1.54, 1.807) is 19.2 Å². The van der Waals surface area contributed by atoms with Crippen LogP contribution in [0, 0.1) is 3.95 Å². The Morgan fingerprint density at radius 1 is 1.26 bits per heavy atom. The summed E-state index contributed by atoms with van der Waals surface area (Å²) in [6.07, 6.45) is 0. The van der Waals surface area contributed by atoms with Gasteiger partial charge in [-0.3, -0.25) is 4.79 Å². The minimum Gasteiger partial charge on any atom is -0.493 e. The molecule has 1 aromatic heterocycles. The van der Waals surface area contributed by atoms with Gasteiger partial charge in [0.25, 0.3) is 5.91 Å². The summed E-state index contributed by atoms with van der Waals surface area (Å²) in [6.45, 7) is -0.0960. The lowest BCUT2D eigenvalue weighted by molar-refractivity contribution is -0.118. The highest BCUT2D eigenvalue weighted by Crippen LogP contribution is 2.26. The van der Waals surface area contributed by atoms with Crippen molar-refractivity contribution in [3.8, 4) is 11.5 Å². The molecule has 0 atom stereocenters. The number of H-pyrrole nitrogens is 1. The van der Waals surface area contributed by atoms with Gasteiger partial charge in [-0.15, -0.1) is 11.3 Å². The van der Waals surface area contributed by atoms with Crippen molar-refractivity contribution in [1.82, 2.24) is 4.98 Å². The summed E-state index contributed by atoms with van der Waals surface area (Å²) >= 11 is 6.58. The Hall–Kier alpha value is -2.38. The summed E-state index contributed by atoms with van der Waals surface area (Å²) in [5, 5.41) is 2.81. The zero-order chi connectivity index (χ0) is 16.2. The third-order valence-corrected chi connectivity index (χ3v) is 4.33. The topological polar surface area (TPSA) is 63.4 Å². The Bertz CT molecular complexity index is 901. The van der Waals surface area contributed by atoms with Crippen molar-refractivity contribution in [3.05, 3.63) is 46.4 Å². The van der Waals surface area contributed by atoms with Gasteiger partial charge in [0.2, 0.25) is 0 Å². The minimum absolute atomic E-state index is 0.0960. The number of aromatic amines is 1. The normalized spacial score (nSPS) is 10.5. The lowest BCUT2D eigenvalue weighted by Gasteiger charge is -2.10. The third kappa shape index (κ3) is 3.69. The number of para-hydroxylation sites is 2. The van der Waals surface area contributed by atoms with Gasteiger partial charge < -0.3 is 19.8 Å². The molecule has 0 radical (unpaired) electrons. The Labute approximate surface area is 141 Å². The lowest BCUT2D eigenvalue weighted by Crippen LogP contribution is -2.20. The van der Waals surface area contributed by atoms with Crippen LogP contribution in [-0.2, 0) is 4.79 Å². The Kier molecular flexibility index (Phi) is 4.59. The first kappa shape index (κ1) is 15.5. The molecule has 0 saturated carbocycles. The predicted octanol–water partition coefficient (Wildman–Crippen LogP) is 3.98. The van der Waals surface area contributed by atoms with Gasteiger partial charge in [0, 0.05) is 5.69 Å².